The van der Waals surface area contributed by atoms with E-state index in [1.54, 1.807) is 0 Å². The van der Waals surface area contributed by atoms with E-state index in [0.29, 0.717) is 19.6 Å². The number of rotatable bonds is 5. The Labute approximate surface area is 93.8 Å². The number of urea groups is 1. The van der Waals surface area contributed by atoms with Gasteiger partial charge in [0.15, 0.2) is 0 Å². The van der Waals surface area contributed by atoms with Gasteiger partial charge in [-0.15, -0.1) is 0 Å². The molecule has 0 bridgehead atoms. The van der Waals surface area contributed by atoms with E-state index in [1.807, 2.05) is 24.3 Å². The predicted molar refractivity (Wildman–Crippen MR) is 60.7 cm³/mol. The van der Waals surface area contributed by atoms with Crippen LogP contribution >= 0.6 is 11.6 Å². The van der Waals surface area contributed by atoms with Crippen LogP contribution in [0.3, 0.4) is 0 Å². The minimum absolute atomic E-state index is 0.505. The highest BCUT2D eigenvalue weighted by atomic mass is 35.5. The third-order valence-corrected chi connectivity index (χ3v) is 2.24. The van der Waals surface area contributed by atoms with Gasteiger partial charge in [-0.2, -0.15) is 0 Å². The summed E-state index contributed by atoms with van der Waals surface area (Å²) in [6, 6.07) is 7.12. The van der Waals surface area contributed by atoms with Crippen molar-refractivity contribution in [3.8, 4) is 0 Å². The molecule has 4 N–H and O–H groups in total. The first-order chi connectivity index (χ1) is 7.20. The van der Waals surface area contributed by atoms with E-state index in [9.17, 15) is 4.79 Å². The highest BCUT2D eigenvalue weighted by molar-refractivity contribution is 6.31. The fourth-order valence-electron chi connectivity index (χ4n) is 1.14. The Hall–Kier alpha value is -1.26. The lowest BCUT2D eigenvalue weighted by molar-refractivity contribution is 0.249. The number of nitrogens with two attached hydrogens (primary N) is 1. The molecule has 4 nitrogen and oxygen atoms in total. The summed E-state index contributed by atoms with van der Waals surface area (Å²) in [6.45, 7) is 1.86. The molecule has 0 heterocycles. The Morgan fingerprint density at radius 1 is 1.33 bits per heavy atom. The quantitative estimate of drug-likeness (QED) is 0.660. The molecular formula is C10H14ClN3O. The van der Waals surface area contributed by atoms with E-state index in [1.165, 1.54) is 0 Å². The van der Waals surface area contributed by atoms with Gasteiger partial charge in [-0.3, -0.25) is 0 Å². The predicted octanol–water partition coefficient (Wildman–Crippen LogP) is 1.10. The second-order valence-corrected chi connectivity index (χ2v) is 3.47. The van der Waals surface area contributed by atoms with Crippen molar-refractivity contribution in [1.29, 1.82) is 0 Å². The molecule has 0 saturated carbocycles. The zero-order valence-electron chi connectivity index (χ0n) is 8.29. The highest BCUT2D eigenvalue weighted by Gasteiger charge is 1.97. The zero-order valence-corrected chi connectivity index (χ0v) is 9.05. The van der Waals surface area contributed by atoms with Crippen molar-refractivity contribution < 1.29 is 4.79 Å². The number of hydrogen-bond acceptors (Lipinski definition) is 2. The first kappa shape index (κ1) is 11.8. The molecular weight excluding hydrogens is 214 g/mol. The maximum absolute atomic E-state index is 10.3. The average molecular weight is 228 g/mol. The summed E-state index contributed by atoms with van der Waals surface area (Å²) in [6.07, 6.45) is 0. The monoisotopic (exact) mass is 227 g/mol. The van der Waals surface area contributed by atoms with Crippen LogP contribution in [0.4, 0.5) is 4.79 Å². The molecule has 15 heavy (non-hydrogen) atoms. The number of carbonyl (C=O) groups excluding carboxylic acids is 1. The smallest absolute Gasteiger partial charge is 0.312 e. The van der Waals surface area contributed by atoms with Crippen molar-refractivity contribution in [3.05, 3.63) is 34.9 Å². The molecule has 1 aromatic carbocycles. The lowest BCUT2D eigenvalue weighted by Gasteiger charge is -2.06. The molecule has 0 aliphatic rings. The minimum atomic E-state index is -0.505. The number of nitrogens with one attached hydrogen (secondary N) is 2. The summed E-state index contributed by atoms with van der Waals surface area (Å²) in [5.41, 5.74) is 5.95. The number of primary amides is 1. The van der Waals surface area contributed by atoms with Gasteiger partial charge in [-0.05, 0) is 11.6 Å². The number of amides is 2. The molecule has 0 aromatic heterocycles. The fourth-order valence-corrected chi connectivity index (χ4v) is 1.34. The SMILES string of the molecule is NC(=O)NCCNCc1ccccc1Cl. The summed E-state index contributed by atoms with van der Waals surface area (Å²) in [7, 11) is 0. The normalized spacial score (nSPS) is 9.93. The van der Waals surface area contributed by atoms with Crippen LogP contribution in [-0.4, -0.2) is 19.1 Å². The number of halogens is 1. The summed E-state index contributed by atoms with van der Waals surface area (Å²) < 4.78 is 0. The summed E-state index contributed by atoms with van der Waals surface area (Å²) in [5, 5.41) is 6.38. The van der Waals surface area contributed by atoms with Crippen LogP contribution in [0.2, 0.25) is 5.02 Å². The number of benzene rings is 1. The van der Waals surface area contributed by atoms with Gasteiger partial charge >= 0.3 is 6.03 Å². The maximum Gasteiger partial charge on any atom is 0.312 e. The Balaban J connectivity index is 2.21. The Morgan fingerprint density at radius 2 is 2.07 bits per heavy atom. The summed E-state index contributed by atoms with van der Waals surface area (Å²) in [5.74, 6) is 0. The molecule has 5 heteroatoms. The topological polar surface area (TPSA) is 67.2 Å². The third-order valence-electron chi connectivity index (χ3n) is 1.87. The molecule has 1 aromatic rings. The van der Waals surface area contributed by atoms with Gasteiger partial charge in [0.2, 0.25) is 0 Å². The lowest BCUT2D eigenvalue weighted by atomic mass is 10.2. The van der Waals surface area contributed by atoms with Gasteiger partial charge in [-0.1, -0.05) is 29.8 Å². The van der Waals surface area contributed by atoms with E-state index in [0.717, 1.165) is 10.6 Å². The fraction of sp³-hybridized carbons (Fsp3) is 0.300. The maximum atomic E-state index is 10.3. The second-order valence-electron chi connectivity index (χ2n) is 3.06. The van der Waals surface area contributed by atoms with Crippen LogP contribution in [0.15, 0.2) is 24.3 Å². The van der Waals surface area contributed by atoms with Gasteiger partial charge in [0.05, 0.1) is 0 Å². The molecule has 0 atom stereocenters. The van der Waals surface area contributed by atoms with E-state index in [2.05, 4.69) is 10.6 Å². The first-order valence-corrected chi connectivity index (χ1v) is 5.05. The Kier molecular flexibility index (Phi) is 4.93. The first-order valence-electron chi connectivity index (χ1n) is 4.67. The van der Waals surface area contributed by atoms with Gasteiger partial charge < -0.3 is 16.4 Å². The van der Waals surface area contributed by atoms with Crippen LogP contribution in [0.5, 0.6) is 0 Å². The molecule has 0 aliphatic heterocycles. The highest BCUT2D eigenvalue weighted by Crippen LogP contribution is 2.13. The Bertz CT molecular complexity index is 330. The Morgan fingerprint density at radius 3 is 2.73 bits per heavy atom. The molecule has 2 amide bonds. The molecule has 1 rings (SSSR count). The van der Waals surface area contributed by atoms with E-state index < -0.39 is 6.03 Å². The van der Waals surface area contributed by atoms with Crippen molar-refractivity contribution in [1.82, 2.24) is 10.6 Å². The van der Waals surface area contributed by atoms with Crippen molar-refractivity contribution in [2.45, 2.75) is 6.54 Å². The van der Waals surface area contributed by atoms with Crippen molar-refractivity contribution in [3.63, 3.8) is 0 Å². The van der Waals surface area contributed by atoms with Gasteiger partial charge in [-0.25, -0.2) is 4.79 Å². The van der Waals surface area contributed by atoms with Crippen molar-refractivity contribution in [2.75, 3.05) is 13.1 Å². The number of hydrogen-bond donors (Lipinski definition) is 3. The largest absolute Gasteiger partial charge is 0.352 e. The van der Waals surface area contributed by atoms with Crippen molar-refractivity contribution >= 4 is 17.6 Å². The molecule has 0 radical (unpaired) electrons. The molecule has 0 fully saturated rings. The van der Waals surface area contributed by atoms with E-state index in [4.69, 9.17) is 17.3 Å². The molecule has 0 spiro atoms. The van der Waals surface area contributed by atoms with Crippen molar-refractivity contribution in [2.24, 2.45) is 5.73 Å². The molecule has 0 unspecified atom stereocenters. The van der Waals surface area contributed by atoms with E-state index in [-0.39, 0.29) is 0 Å². The van der Waals surface area contributed by atoms with Gasteiger partial charge in [0, 0.05) is 24.7 Å². The standard InChI is InChI=1S/C10H14ClN3O/c11-9-4-2-1-3-8(9)7-13-5-6-14-10(12)15/h1-4,13H,5-7H2,(H3,12,14,15). The summed E-state index contributed by atoms with van der Waals surface area (Å²) in [4.78, 5) is 10.3. The van der Waals surface area contributed by atoms with E-state index >= 15 is 0 Å². The molecule has 82 valence electrons. The molecule has 0 aliphatic carbocycles. The van der Waals surface area contributed by atoms with Gasteiger partial charge in [0.1, 0.15) is 0 Å². The van der Waals surface area contributed by atoms with Crippen LogP contribution < -0.4 is 16.4 Å². The number of carbonyl (C=O) groups is 1. The van der Waals surface area contributed by atoms with Crippen LogP contribution in [-0.2, 0) is 6.54 Å². The third kappa shape index (κ3) is 4.67. The minimum Gasteiger partial charge on any atom is -0.352 e. The van der Waals surface area contributed by atoms with Gasteiger partial charge in [0.25, 0.3) is 0 Å². The summed E-state index contributed by atoms with van der Waals surface area (Å²) >= 11 is 5.96. The lowest BCUT2D eigenvalue weighted by Crippen LogP contribution is -2.35. The van der Waals surface area contributed by atoms with Crippen LogP contribution in [0, 0.1) is 0 Å². The van der Waals surface area contributed by atoms with Crippen LogP contribution in [0.1, 0.15) is 5.56 Å². The zero-order chi connectivity index (χ0) is 11.1. The average Bonchev–Trinajstić information content (AvgIpc) is 2.20. The van der Waals surface area contributed by atoms with Crippen LogP contribution in [0.25, 0.3) is 0 Å². The second kappa shape index (κ2) is 6.27. The molecule has 0 saturated heterocycles.